The minimum atomic E-state index is -4.30. The van der Waals surface area contributed by atoms with Gasteiger partial charge in [-0.05, 0) is 49.0 Å². The monoisotopic (exact) mass is 314 g/mol. The number of benzene rings is 1. The van der Waals surface area contributed by atoms with Crippen LogP contribution in [0.25, 0.3) is 0 Å². The fourth-order valence-corrected chi connectivity index (χ4v) is 3.46. The van der Waals surface area contributed by atoms with E-state index >= 15 is 0 Å². The summed E-state index contributed by atoms with van der Waals surface area (Å²) >= 11 is 0. The van der Waals surface area contributed by atoms with Gasteiger partial charge in [-0.2, -0.15) is 13.2 Å². The lowest BCUT2D eigenvalue weighted by molar-refractivity contribution is -0.153. The second-order valence-electron chi connectivity index (χ2n) is 6.44. The highest BCUT2D eigenvalue weighted by atomic mass is 19.4. The maximum Gasteiger partial charge on any atom is 0.422 e. The Kier molecular flexibility index (Phi) is 4.32. The predicted molar refractivity (Wildman–Crippen MR) is 77.8 cm³/mol. The van der Waals surface area contributed by atoms with Crippen molar-refractivity contribution in [1.29, 1.82) is 0 Å². The van der Waals surface area contributed by atoms with Crippen LogP contribution in [0.3, 0.4) is 0 Å². The Morgan fingerprint density at radius 1 is 1.27 bits per heavy atom. The second-order valence-corrected chi connectivity index (χ2v) is 6.44. The summed E-state index contributed by atoms with van der Waals surface area (Å²) in [4.78, 5) is 2.38. The molecular weight excluding hydrogens is 293 g/mol. The molecule has 0 radical (unpaired) electrons. The van der Waals surface area contributed by atoms with Crippen molar-refractivity contribution >= 4 is 0 Å². The number of rotatable bonds is 4. The van der Waals surface area contributed by atoms with Gasteiger partial charge in [-0.25, -0.2) is 0 Å². The minimum Gasteiger partial charge on any atom is -0.484 e. The number of hydrogen-bond donors (Lipinski definition) is 1. The fourth-order valence-electron chi connectivity index (χ4n) is 3.46. The van der Waals surface area contributed by atoms with Gasteiger partial charge in [-0.15, -0.1) is 0 Å². The smallest absolute Gasteiger partial charge is 0.422 e. The van der Waals surface area contributed by atoms with Gasteiger partial charge < -0.3 is 10.1 Å². The van der Waals surface area contributed by atoms with E-state index in [1.165, 1.54) is 12.8 Å². The van der Waals surface area contributed by atoms with Crippen molar-refractivity contribution in [2.24, 2.45) is 5.41 Å². The van der Waals surface area contributed by atoms with Crippen LogP contribution in [0.1, 0.15) is 18.4 Å². The van der Waals surface area contributed by atoms with E-state index in [-0.39, 0.29) is 5.75 Å². The van der Waals surface area contributed by atoms with E-state index < -0.39 is 12.8 Å². The lowest BCUT2D eigenvalue weighted by Gasteiger charge is -2.23. The number of nitrogens with zero attached hydrogens (tertiary/aromatic N) is 1. The number of likely N-dealkylation sites (tertiary alicyclic amines) is 1. The summed E-state index contributed by atoms with van der Waals surface area (Å²) in [5, 5.41) is 3.43. The number of alkyl halides is 3. The van der Waals surface area contributed by atoms with E-state index in [4.69, 9.17) is 4.74 Å². The van der Waals surface area contributed by atoms with Gasteiger partial charge in [-0.3, -0.25) is 4.90 Å². The molecule has 1 spiro atoms. The highest BCUT2D eigenvalue weighted by molar-refractivity contribution is 5.28. The van der Waals surface area contributed by atoms with Crippen LogP contribution in [0.2, 0.25) is 0 Å². The molecule has 2 saturated heterocycles. The van der Waals surface area contributed by atoms with Crippen molar-refractivity contribution in [1.82, 2.24) is 10.2 Å². The first-order valence-corrected chi connectivity index (χ1v) is 7.66. The van der Waals surface area contributed by atoms with Crippen LogP contribution in [-0.4, -0.2) is 43.9 Å². The number of ether oxygens (including phenoxy) is 1. The van der Waals surface area contributed by atoms with Gasteiger partial charge >= 0.3 is 6.18 Å². The van der Waals surface area contributed by atoms with E-state index in [0.717, 1.165) is 38.3 Å². The van der Waals surface area contributed by atoms with Gasteiger partial charge in [0, 0.05) is 19.6 Å². The molecule has 2 fully saturated rings. The zero-order valence-corrected chi connectivity index (χ0v) is 12.5. The number of nitrogens with one attached hydrogen (secondary N) is 1. The van der Waals surface area contributed by atoms with E-state index in [2.05, 4.69) is 10.2 Å². The lowest BCUT2D eigenvalue weighted by atomic mass is 9.86. The Morgan fingerprint density at radius 2 is 2.14 bits per heavy atom. The Hall–Kier alpha value is -1.27. The van der Waals surface area contributed by atoms with Crippen LogP contribution in [0, 0.1) is 5.41 Å². The van der Waals surface area contributed by atoms with Gasteiger partial charge in [0.05, 0.1) is 0 Å². The normalized spacial score (nSPS) is 26.0. The van der Waals surface area contributed by atoms with Crippen molar-refractivity contribution in [3.05, 3.63) is 29.8 Å². The van der Waals surface area contributed by atoms with Gasteiger partial charge in [0.2, 0.25) is 0 Å². The second kappa shape index (κ2) is 6.08. The number of hydrogen-bond acceptors (Lipinski definition) is 3. The van der Waals surface area contributed by atoms with Crippen LogP contribution < -0.4 is 10.1 Å². The summed E-state index contributed by atoms with van der Waals surface area (Å²) in [6.07, 6.45) is -1.88. The molecule has 6 heteroatoms. The standard InChI is InChI=1S/C16H21F3N2O/c17-16(18,19)12-22-14-3-1-2-13(8-14)9-21-7-5-15(11-21)4-6-20-10-15/h1-3,8,20H,4-7,9-12H2. The Bertz CT molecular complexity index is 512. The molecule has 2 aliphatic heterocycles. The Labute approximate surface area is 128 Å². The van der Waals surface area contributed by atoms with Gasteiger partial charge in [0.25, 0.3) is 0 Å². The van der Waals surface area contributed by atoms with Crippen molar-refractivity contribution in [2.45, 2.75) is 25.6 Å². The third-order valence-electron chi connectivity index (χ3n) is 4.56. The molecule has 3 rings (SSSR count). The van der Waals surface area contributed by atoms with E-state index in [0.29, 0.717) is 5.41 Å². The molecule has 122 valence electrons. The molecular formula is C16H21F3N2O. The average molecular weight is 314 g/mol. The predicted octanol–water partition coefficient (Wildman–Crippen LogP) is 2.81. The van der Waals surface area contributed by atoms with Gasteiger partial charge in [-0.1, -0.05) is 12.1 Å². The first kappa shape index (κ1) is 15.6. The highest BCUT2D eigenvalue weighted by Crippen LogP contribution is 2.36. The maximum atomic E-state index is 12.2. The zero-order valence-electron chi connectivity index (χ0n) is 12.5. The quantitative estimate of drug-likeness (QED) is 0.925. The Balaban J connectivity index is 1.57. The summed E-state index contributed by atoms with van der Waals surface area (Å²) in [7, 11) is 0. The maximum absolute atomic E-state index is 12.2. The molecule has 2 heterocycles. The summed E-state index contributed by atoms with van der Waals surface area (Å²) in [5.74, 6) is 0.284. The largest absolute Gasteiger partial charge is 0.484 e. The molecule has 3 nitrogen and oxygen atoms in total. The van der Waals surface area contributed by atoms with Crippen LogP contribution in [-0.2, 0) is 6.54 Å². The van der Waals surface area contributed by atoms with Crippen molar-refractivity contribution in [2.75, 3.05) is 32.8 Å². The minimum absolute atomic E-state index is 0.284. The lowest BCUT2D eigenvalue weighted by Crippen LogP contribution is -2.28. The molecule has 0 bridgehead atoms. The van der Waals surface area contributed by atoms with Crippen LogP contribution in [0.15, 0.2) is 24.3 Å². The molecule has 2 aliphatic rings. The van der Waals surface area contributed by atoms with Gasteiger partial charge in [0.1, 0.15) is 5.75 Å². The van der Waals surface area contributed by atoms with E-state index in [9.17, 15) is 13.2 Å². The highest BCUT2D eigenvalue weighted by Gasteiger charge is 2.40. The topological polar surface area (TPSA) is 24.5 Å². The van der Waals surface area contributed by atoms with Crippen molar-refractivity contribution in [3.8, 4) is 5.75 Å². The zero-order chi connectivity index (χ0) is 15.6. The molecule has 1 atom stereocenters. The van der Waals surface area contributed by atoms with Crippen molar-refractivity contribution < 1.29 is 17.9 Å². The summed E-state index contributed by atoms with van der Waals surface area (Å²) in [6.45, 7) is 3.82. The molecule has 1 aromatic rings. The van der Waals surface area contributed by atoms with Crippen LogP contribution in [0.4, 0.5) is 13.2 Å². The van der Waals surface area contributed by atoms with Crippen LogP contribution in [0.5, 0.6) is 5.75 Å². The summed E-state index contributed by atoms with van der Waals surface area (Å²) < 4.78 is 41.4. The van der Waals surface area contributed by atoms with Crippen molar-refractivity contribution in [3.63, 3.8) is 0 Å². The molecule has 0 saturated carbocycles. The molecule has 22 heavy (non-hydrogen) atoms. The first-order valence-electron chi connectivity index (χ1n) is 7.66. The van der Waals surface area contributed by atoms with Crippen LogP contribution >= 0.6 is 0 Å². The molecule has 0 aromatic heterocycles. The molecule has 1 unspecified atom stereocenters. The molecule has 0 amide bonds. The summed E-state index contributed by atoms with van der Waals surface area (Å²) in [6, 6.07) is 6.98. The fraction of sp³-hybridized carbons (Fsp3) is 0.625. The SMILES string of the molecule is FC(F)(F)COc1cccc(CN2CCC3(CCNC3)C2)c1. The molecule has 1 aromatic carbocycles. The van der Waals surface area contributed by atoms with E-state index in [1.807, 2.05) is 6.07 Å². The Morgan fingerprint density at radius 3 is 2.86 bits per heavy atom. The van der Waals surface area contributed by atoms with Gasteiger partial charge in [0.15, 0.2) is 6.61 Å². The average Bonchev–Trinajstić information content (AvgIpc) is 3.07. The first-order chi connectivity index (χ1) is 10.4. The molecule has 0 aliphatic carbocycles. The van der Waals surface area contributed by atoms with E-state index in [1.54, 1.807) is 18.2 Å². The number of halogens is 3. The summed E-state index contributed by atoms with van der Waals surface area (Å²) in [5.41, 5.74) is 1.41. The third kappa shape index (κ3) is 3.93. The third-order valence-corrected chi connectivity index (χ3v) is 4.56. The molecule has 1 N–H and O–H groups in total.